The lowest BCUT2D eigenvalue weighted by atomic mass is 9.77. The third-order valence-corrected chi connectivity index (χ3v) is 3.63. The molecule has 0 amide bonds. The standard InChI is InChI=1S/C14H16N2O/c1-11-12-5-8-17-9-14(6-3-2-4-7-14)13(12)16-10-15-11/h2-4,6,10H,5,7-9H2,1H3. The summed E-state index contributed by atoms with van der Waals surface area (Å²) in [6, 6.07) is 0. The average Bonchev–Trinajstić information content (AvgIpc) is 2.53. The second kappa shape index (κ2) is 4.08. The largest absolute Gasteiger partial charge is 0.380 e. The van der Waals surface area contributed by atoms with Crippen LogP contribution in [0.5, 0.6) is 0 Å². The van der Waals surface area contributed by atoms with Crippen LogP contribution in [0.1, 0.15) is 23.4 Å². The number of hydrogen-bond acceptors (Lipinski definition) is 3. The molecule has 0 N–H and O–H groups in total. The third-order valence-electron chi connectivity index (χ3n) is 3.63. The first kappa shape index (κ1) is 10.7. The van der Waals surface area contributed by atoms with Gasteiger partial charge in [0.05, 0.1) is 24.3 Å². The maximum atomic E-state index is 5.77. The van der Waals surface area contributed by atoms with Gasteiger partial charge < -0.3 is 4.74 Å². The van der Waals surface area contributed by atoms with E-state index in [1.54, 1.807) is 6.33 Å². The van der Waals surface area contributed by atoms with Crippen LogP contribution in [0, 0.1) is 6.92 Å². The van der Waals surface area contributed by atoms with Crippen molar-refractivity contribution in [2.75, 3.05) is 13.2 Å². The summed E-state index contributed by atoms with van der Waals surface area (Å²) < 4.78 is 5.77. The molecule has 1 aliphatic carbocycles. The lowest BCUT2D eigenvalue weighted by Gasteiger charge is -2.30. The molecule has 0 aromatic carbocycles. The van der Waals surface area contributed by atoms with Crippen LogP contribution in [0.2, 0.25) is 0 Å². The molecular weight excluding hydrogens is 212 g/mol. The lowest BCUT2D eigenvalue weighted by Crippen LogP contribution is -2.31. The molecule has 1 aromatic rings. The van der Waals surface area contributed by atoms with Crippen molar-refractivity contribution in [1.82, 2.24) is 9.97 Å². The Morgan fingerprint density at radius 1 is 1.29 bits per heavy atom. The molecule has 88 valence electrons. The van der Waals surface area contributed by atoms with Crippen molar-refractivity contribution < 1.29 is 4.74 Å². The van der Waals surface area contributed by atoms with Gasteiger partial charge in [-0.05, 0) is 25.3 Å². The Morgan fingerprint density at radius 2 is 2.24 bits per heavy atom. The summed E-state index contributed by atoms with van der Waals surface area (Å²) in [5, 5.41) is 0. The molecule has 2 heterocycles. The molecule has 1 spiro atoms. The Kier molecular flexibility index (Phi) is 2.56. The molecule has 1 aliphatic heterocycles. The molecule has 1 aromatic heterocycles. The van der Waals surface area contributed by atoms with Crippen molar-refractivity contribution in [2.24, 2.45) is 0 Å². The van der Waals surface area contributed by atoms with Crippen LogP contribution in [-0.4, -0.2) is 23.2 Å². The summed E-state index contributed by atoms with van der Waals surface area (Å²) >= 11 is 0. The first-order valence-corrected chi connectivity index (χ1v) is 6.05. The van der Waals surface area contributed by atoms with Gasteiger partial charge in [0.2, 0.25) is 0 Å². The number of fused-ring (bicyclic) bond motifs is 2. The predicted octanol–water partition coefficient (Wildman–Crippen LogP) is 2.11. The minimum Gasteiger partial charge on any atom is -0.380 e. The summed E-state index contributed by atoms with van der Waals surface area (Å²) in [6.07, 6.45) is 12.2. The molecule has 3 rings (SSSR count). The van der Waals surface area contributed by atoms with Gasteiger partial charge in [-0.1, -0.05) is 24.3 Å². The van der Waals surface area contributed by atoms with Crippen LogP contribution in [0.3, 0.4) is 0 Å². The van der Waals surface area contributed by atoms with Gasteiger partial charge in [-0.3, -0.25) is 0 Å². The molecule has 1 atom stereocenters. The van der Waals surface area contributed by atoms with Crippen molar-refractivity contribution in [3.63, 3.8) is 0 Å². The first-order valence-electron chi connectivity index (χ1n) is 6.05. The number of aromatic nitrogens is 2. The van der Waals surface area contributed by atoms with E-state index < -0.39 is 0 Å². The molecule has 0 radical (unpaired) electrons. The Labute approximate surface area is 101 Å². The SMILES string of the molecule is Cc1ncnc2c1CCOCC21C=CC=CC1. The molecule has 0 saturated heterocycles. The number of aryl methyl sites for hydroxylation is 1. The monoisotopic (exact) mass is 228 g/mol. The fourth-order valence-electron chi connectivity index (χ4n) is 2.67. The van der Waals surface area contributed by atoms with E-state index >= 15 is 0 Å². The second-order valence-corrected chi connectivity index (χ2v) is 4.74. The summed E-state index contributed by atoms with van der Waals surface area (Å²) in [4.78, 5) is 8.84. The Balaban J connectivity index is 2.16. The van der Waals surface area contributed by atoms with E-state index in [2.05, 4.69) is 41.2 Å². The van der Waals surface area contributed by atoms with E-state index in [1.165, 1.54) is 5.56 Å². The Bertz CT molecular complexity index is 493. The fraction of sp³-hybridized carbons (Fsp3) is 0.429. The van der Waals surface area contributed by atoms with Gasteiger partial charge in [0.1, 0.15) is 6.33 Å². The number of rotatable bonds is 0. The number of nitrogens with zero attached hydrogens (tertiary/aromatic N) is 2. The van der Waals surface area contributed by atoms with Crippen molar-refractivity contribution >= 4 is 0 Å². The van der Waals surface area contributed by atoms with Gasteiger partial charge in [-0.15, -0.1) is 0 Å². The highest BCUT2D eigenvalue weighted by molar-refractivity contribution is 5.39. The zero-order valence-corrected chi connectivity index (χ0v) is 10.0. The van der Waals surface area contributed by atoms with Crippen LogP contribution in [0.25, 0.3) is 0 Å². The van der Waals surface area contributed by atoms with Crippen molar-refractivity contribution in [3.8, 4) is 0 Å². The maximum Gasteiger partial charge on any atom is 0.115 e. The maximum absolute atomic E-state index is 5.77. The van der Waals surface area contributed by atoms with Gasteiger partial charge in [0.15, 0.2) is 0 Å². The van der Waals surface area contributed by atoms with Crippen LogP contribution in [0.15, 0.2) is 30.6 Å². The molecule has 2 aliphatic rings. The van der Waals surface area contributed by atoms with E-state index in [0.29, 0.717) is 0 Å². The zero-order valence-electron chi connectivity index (χ0n) is 10.0. The van der Waals surface area contributed by atoms with Gasteiger partial charge >= 0.3 is 0 Å². The van der Waals surface area contributed by atoms with E-state index in [4.69, 9.17) is 4.74 Å². The van der Waals surface area contributed by atoms with Crippen LogP contribution < -0.4 is 0 Å². The van der Waals surface area contributed by atoms with Crippen molar-refractivity contribution in [1.29, 1.82) is 0 Å². The van der Waals surface area contributed by atoms with Gasteiger partial charge in [0.25, 0.3) is 0 Å². The Hall–Kier alpha value is -1.48. The van der Waals surface area contributed by atoms with Gasteiger partial charge in [-0.25, -0.2) is 9.97 Å². The normalized spacial score (nSPS) is 26.9. The van der Waals surface area contributed by atoms with E-state index in [1.807, 2.05) is 0 Å². The number of allylic oxidation sites excluding steroid dienone is 3. The third kappa shape index (κ3) is 1.71. The summed E-state index contributed by atoms with van der Waals surface area (Å²) in [5.41, 5.74) is 3.43. The molecular formula is C14H16N2O. The molecule has 0 saturated carbocycles. The lowest BCUT2D eigenvalue weighted by molar-refractivity contribution is 0.108. The predicted molar refractivity (Wildman–Crippen MR) is 65.9 cm³/mol. The quantitative estimate of drug-likeness (QED) is 0.682. The topological polar surface area (TPSA) is 35.0 Å². The average molecular weight is 228 g/mol. The minimum atomic E-state index is -0.0751. The highest BCUT2D eigenvalue weighted by atomic mass is 16.5. The molecule has 3 heteroatoms. The zero-order chi connectivity index (χ0) is 11.7. The first-order chi connectivity index (χ1) is 8.32. The minimum absolute atomic E-state index is 0.0751. The molecule has 0 fully saturated rings. The van der Waals surface area contributed by atoms with Gasteiger partial charge in [-0.2, -0.15) is 0 Å². The Morgan fingerprint density at radius 3 is 3.06 bits per heavy atom. The molecule has 3 nitrogen and oxygen atoms in total. The van der Waals surface area contributed by atoms with Crippen LogP contribution in [0.4, 0.5) is 0 Å². The van der Waals surface area contributed by atoms with Crippen molar-refractivity contribution in [2.45, 2.75) is 25.2 Å². The van der Waals surface area contributed by atoms with Crippen LogP contribution >= 0.6 is 0 Å². The molecule has 1 unspecified atom stereocenters. The fourth-order valence-corrected chi connectivity index (χ4v) is 2.67. The summed E-state index contributed by atoms with van der Waals surface area (Å²) in [5.74, 6) is 0. The molecule has 17 heavy (non-hydrogen) atoms. The van der Waals surface area contributed by atoms with E-state index in [0.717, 1.165) is 37.4 Å². The second-order valence-electron chi connectivity index (χ2n) is 4.74. The number of ether oxygens (including phenoxy) is 1. The van der Waals surface area contributed by atoms with E-state index in [-0.39, 0.29) is 5.41 Å². The number of hydrogen-bond donors (Lipinski definition) is 0. The summed E-state index contributed by atoms with van der Waals surface area (Å²) in [6.45, 7) is 3.54. The smallest absolute Gasteiger partial charge is 0.115 e. The molecule has 0 bridgehead atoms. The van der Waals surface area contributed by atoms with Crippen LogP contribution in [-0.2, 0) is 16.6 Å². The van der Waals surface area contributed by atoms with E-state index in [9.17, 15) is 0 Å². The van der Waals surface area contributed by atoms with Crippen molar-refractivity contribution in [3.05, 3.63) is 47.6 Å². The highest BCUT2D eigenvalue weighted by Gasteiger charge is 2.35. The highest BCUT2D eigenvalue weighted by Crippen LogP contribution is 2.36. The van der Waals surface area contributed by atoms with Gasteiger partial charge in [0, 0.05) is 5.69 Å². The summed E-state index contributed by atoms with van der Waals surface area (Å²) in [7, 11) is 0.